The number of hydrogen-bond acceptors (Lipinski definition) is 7. The SMILES string of the molecule is CC(=O)O[C@H]1[C@H](OCc2ccccc2)[C@@H](OCc2ccccc2)[C@@H](O)O[C@@H]1COC(c1ccccc1)(c1ccccc1)c1ccccc1. The Morgan fingerprint density at radius 3 is 1.42 bits per heavy atom. The lowest BCUT2D eigenvalue weighted by Crippen LogP contribution is -2.62. The normalized spacial score (nSPS) is 21.0. The Morgan fingerprint density at radius 1 is 0.604 bits per heavy atom. The predicted octanol–water partition coefficient (Wildman–Crippen LogP) is 6.81. The van der Waals surface area contributed by atoms with Gasteiger partial charge in [0.15, 0.2) is 12.4 Å². The fraction of sp³-hybridized carbons (Fsp3) is 0.244. The molecule has 1 aliphatic rings. The minimum absolute atomic E-state index is 0.0513. The molecule has 5 atom stereocenters. The number of carbonyl (C=O) groups excluding carboxylic acids is 1. The maximum atomic E-state index is 12.6. The van der Waals surface area contributed by atoms with Gasteiger partial charge in [0.1, 0.15) is 23.9 Å². The summed E-state index contributed by atoms with van der Waals surface area (Å²) in [5, 5.41) is 11.5. The molecule has 1 N–H and O–H groups in total. The van der Waals surface area contributed by atoms with Crippen molar-refractivity contribution in [3.63, 3.8) is 0 Å². The van der Waals surface area contributed by atoms with Gasteiger partial charge in [-0.15, -0.1) is 0 Å². The first-order valence-corrected chi connectivity index (χ1v) is 16.2. The van der Waals surface area contributed by atoms with Crippen LogP contribution in [0.25, 0.3) is 0 Å². The summed E-state index contributed by atoms with van der Waals surface area (Å²) in [6.07, 6.45) is -5.10. The third-order valence-electron chi connectivity index (χ3n) is 8.49. The van der Waals surface area contributed by atoms with Gasteiger partial charge in [0, 0.05) is 6.92 Å². The van der Waals surface area contributed by atoms with Gasteiger partial charge >= 0.3 is 5.97 Å². The summed E-state index contributed by atoms with van der Waals surface area (Å²) < 4.78 is 32.0. The van der Waals surface area contributed by atoms with Crippen molar-refractivity contribution < 1.29 is 33.6 Å². The highest BCUT2D eigenvalue weighted by molar-refractivity contribution is 5.66. The molecule has 0 aliphatic carbocycles. The van der Waals surface area contributed by atoms with E-state index in [1.54, 1.807) is 0 Å². The average molecular weight is 645 g/mol. The van der Waals surface area contributed by atoms with Crippen LogP contribution >= 0.6 is 0 Å². The lowest BCUT2D eigenvalue weighted by Gasteiger charge is -2.45. The number of ether oxygens (including phenoxy) is 5. The fourth-order valence-corrected chi connectivity index (χ4v) is 6.24. The van der Waals surface area contributed by atoms with E-state index in [9.17, 15) is 9.90 Å². The molecule has 5 aromatic carbocycles. The van der Waals surface area contributed by atoms with Crippen LogP contribution in [-0.4, -0.2) is 48.4 Å². The van der Waals surface area contributed by atoms with E-state index in [0.717, 1.165) is 27.8 Å². The Morgan fingerprint density at radius 2 is 1.00 bits per heavy atom. The molecule has 7 nitrogen and oxygen atoms in total. The lowest BCUT2D eigenvalue weighted by atomic mass is 9.80. The van der Waals surface area contributed by atoms with E-state index in [4.69, 9.17) is 23.7 Å². The Kier molecular flexibility index (Phi) is 11.1. The van der Waals surface area contributed by atoms with Gasteiger partial charge in [0.25, 0.3) is 0 Å². The first-order valence-electron chi connectivity index (χ1n) is 16.2. The molecule has 1 heterocycles. The van der Waals surface area contributed by atoms with Crippen molar-refractivity contribution in [2.75, 3.05) is 6.61 Å². The van der Waals surface area contributed by atoms with E-state index in [1.165, 1.54) is 6.92 Å². The Balaban J connectivity index is 1.36. The van der Waals surface area contributed by atoms with Gasteiger partial charge in [-0.2, -0.15) is 0 Å². The predicted molar refractivity (Wildman–Crippen MR) is 182 cm³/mol. The van der Waals surface area contributed by atoms with Gasteiger partial charge in [0.2, 0.25) is 0 Å². The monoisotopic (exact) mass is 644 g/mol. The van der Waals surface area contributed by atoms with Crippen LogP contribution in [-0.2, 0) is 47.3 Å². The summed E-state index contributed by atoms with van der Waals surface area (Å²) in [7, 11) is 0. The van der Waals surface area contributed by atoms with Crippen molar-refractivity contribution in [1.29, 1.82) is 0 Å². The quantitative estimate of drug-likeness (QED) is 0.111. The molecule has 1 fully saturated rings. The van der Waals surface area contributed by atoms with Crippen molar-refractivity contribution in [2.45, 2.75) is 56.4 Å². The van der Waals surface area contributed by atoms with E-state index < -0.39 is 42.3 Å². The van der Waals surface area contributed by atoms with E-state index >= 15 is 0 Å². The molecule has 7 heteroatoms. The number of benzene rings is 5. The van der Waals surface area contributed by atoms with Gasteiger partial charge < -0.3 is 28.8 Å². The van der Waals surface area contributed by atoms with Gasteiger partial charge in [-0.3, -0.25) is 4.79 Å². The third kappa shape index (κ3) is 7.73. The van der Waals surface area contributed by atoms with Crippen LogP contribution in [0.15, 0.2) is 152 Å². The van der Waals surface area contributed by atoms with Crippen LogP contribution in [0, 0.1) is 0 Å². The largest absolute Gasteiger partial charge is 0.457 e. The van der Waals surface area contributed by atoms with Crippen molar-refractivity contribution in [3.8, 4) is 0 Å². The van der Waals surface area contributed by atoms with Crippen LogP contribution in [0.1, 0.15) is 34.7 Å². The van der Waals surface area contributed by atoms with Crippen LogP contribution < -0.4 is 0 Å². The van der Waals surface area contributed by atoms with Crippen molar-refractivity contribution in [2.24, 2.45) is 0 Å². The van der Waals surface area contributed by atoms with Crippen LogP contribution in [0.4, 0.5) is 0 Å². The Bertz CT molecular complexity index is 1590. The van der Waals surface area contributed by atoms with Gasteiger partial charge in [-0.05, 0) is 27.8 Å². The second kappa shape index (κ2) is 16.0. The third-order valence-corrected chi connectivity index (χ3v) is 8.49. The summed E-state index contributed by atoms with van der Waals surface area (Å²) in [6, 6.07) is 49.2. The highest BCUT2D eigenvalue weighted by atomic mass is 16.7. The summed E-state index contributed by atoms with van der Waals surface area (Å²) in [5.74, 6) is -0.513. The summed E-state index contributed by atoms with van der Waals surface area (Å²) in [5.41, 5.74) is 3.50. The summed E-state index contributed by atoms with van der Waals surface area (Å²) >= 11 is 0. The van der Waals surface area contributed by atoms with Gasteiger partial charge in [0.05, 0.1) is 19.8 Å². The molecule has 6 rings (SSSR count). The smallest absolute Gasteiger partial charge is 0.303 e. The summed E-state index contributed by atoms with van der Waals surface area (Å²) in [6.45, 7) is 1.70. The second-order valence-corrected chi connectivity index (χ2v) is 11.8. The molecule has 0 radical (unpaired) electrons. The molecule has 1 aliphatic heterocycles. The van der Waals surface area contributed by atoms with Crippen LogP contribution in [0.2, 0.25) is 0 Å². The fourth-order valence-electron chi connectivity index (χ4n) is 6.24. The van der Waals surface area contributed by atoms with E-state index in [0.29, 0.717) is 0 Å². The Hall–Kier alpha value is -4.63. The first-order chi connectivity index (χ1) is 23.5. The van der Waals surface area contributed by atoms with Crippen molar-refractivity contribution >= 4 is 5.97 Å². The van der Waals surface area contributed by atoms with Gasteiger partial charge in [-0.1, -0.05) is 152 Å². The van der Waals surface area contributed by atoms with E-state index in [-0.39, 0.29) is 19.8 Å². The molecule has 0 spiro atoms. The average Bonchev–Trinajstić information content (AvgIpc) is 3.13. The zero-order valence-corrected chi connectivity index (χ0v) is 26.8. The molecule has 5 aromatic rings. The maximum Gasteiger partial charge on any atom is 0.303 e. The number of carbonyl (C=O) groups is 1. The molecule has 0 bridgehead atoms. The first kappa shape index (κ1) is 33.3. The minimum Gasteiger partial charge on any atom is -0.457 e. The van der Waals surface area contributed by atoms with E-state index in [2.05, 4.69) is 0 Å². The molecular formula is C41H40O7. The molecule has 48 heavy (non-hydrogen) atoms. The van der Waals surface area contributed by atoms with E-state index in [1.807, 2.05) is 152 Å². The molecular weight excluding hydrogens is 604 g/mol. The number of aliphatic hydroxyl groups excluding tert-OH is 1. The molecule has 0 amide bonds. The van der Waals surface area contributed by atoms with Crippen LogP contribution in [0.5, 0.6) is 0 Å². The number of esters is 1. The standard InChI is InChI=1S/C41H40O7/c1-30(42)47-37-36(29-46-41(33-21-11-4-12-22-33,34-23-13-5-14-24-34)35-25-15-6-16-26-35)48-40(43)39(45-28-32-19-9-3-10-20-32)38(37)44-27-31-17-7-2-8-18-31/h2-26,36-40,43H,27-29H2,1H3/t36-,37-,38+,39-,40+/m1/s1. The number of aliphatic hydroxyl groups is 1. The Labute approximate surface area is 281 Å². The van der Waals surface area contributed by atoms with Crippen molar-refractivity contribution in [1.82, 2.24) is 0 Å². The molecule has 0 aromatic heterocycles. The zero-order chi connectivity index (χ0) is 33.2. The highest BCUT2D eigenvalue weighted by Gasteiger charge is 2.50. The minimum atomic E-state index is -1.39. The highest BCUT2D eigenvalue weighted by Crippen LogP contribution is 2.41. The van der Waals surface area contributed by atoms with Crippen molar-refractivity contribution in [3.05, 3.63) is 179 Å². The maximum absolute atomic E-state index is 12.6. The van der Waals surface area contributed by atoms with Crippen LogP contribution in [0.3, 0.4) is 0 Å². The molecule has 1 saturated heterocycles. The number of hydrogen-bond donors (Lipinski definition) is 1. The molecule has 246 valence electrons. The number of rotatable bonds is 13. The van der Waals surface area contributed by atoms with Gasteiger partial charge in [-0.25, -0.2) is 0 Å². The summed E-state index contributed by atoms with van der Waals surface area (Å²) in [4.78, 5) is 12.6. The lowest BCUT2D eigenvalue weighted by molar-refractivity contribution is -0.313. The second-order valence-electron chi connectivity index (χ2n) is 11.8. The molecule has 0 saturated carbocycles. The zero-order valence-electron chi connectivity index (χ0n) is 26.8. The molecule has 0 unspecified atom stereocenters. The topological polar surface area (TPSA) is 83.5 Å².